The molecule has 2 N–H and O–H groups in total. The lowest BCUT2D eigenvalue weighted by Gasteiger charge is -2.11. The minimum Gasteiger partial charge on any atom is -0.330 e. The minimum atomic E-state index is 0.698. The summed E-state index contributed by atoms with van der Waals surface area (Å²) in [6.45, 7) is 4.95. The van der Waals surface area contributed by atoms with Crippen molar-refractivity contribution < 1.29 is 0 Å². The zero-order chi connectivity index (χ0) is 12.3. The van der Waals surface area contributed by atoms with Crippen LogP contribution >= 0.6 is 0 Å². The van der Waals surface area contributed by atoms with Gasteiger partial charge in [-0.25, -0.2) is 4.98 Å². The topological polar surface area (TPSA) is 43.8 Å². The van der Waals surface area contributed by atoms with Crippen LogP contribution in [-0.4, -0.2) is 16.1 Å². The molecule has 3 heteroatoms. The van der Waals surface area contributed by atoms with Crippen molar-refractivity contribution in [3.63, 3.8) is 0 Å². The molecule has 0 amide bonds. The Kier molecular flexibility index (Phi) is 3.59. The smallest absolute Gasteiger partial charge is 0.112 e. The first-order chi connectivity index (χ1) is 8.26. The number of nitrogens with zero attached hydrogens (tertiary/aromatic N) is 2. The zero-order valence-electron chi connectivity index (χ0n) is 10.5. The summed E-state index contributed by atoms with van der Waals surface area (Å²) in [5.74, 6) is 1.10. The summed E-state index contributed by atoms with van der Waals surface area (Å²) in [7, 11) is 0. The van der Waals surface area contributed by atoms with E-state index in [2.05, 4.69) is 41.6 Å². The van der Waals surface area contributed by atoms with Gasteiger partial charge in [-0.3, -0.25) is 0 Å². The number of rotatable bonds is 4. The van der Waals surface area contributed by atoms with Gasteiger partial charge in [0.15, 0.2) is 0 Å². The van der Waals surface area contributed by atoms with Gasteiger partial charge in [-0.15, -0.1) is 0 Å². The molecule has 0 saturated heterocycles. The van der Waals surface area contributed by atoms with Gasteiger partial charge >= 0.3 is 0 Å². The van der Waals surface area contributed by atoms with Gasteiger partial charge in [-0.2, -0.15) is 0 Å². The van der Waals surface area contributed by atoms with Crippen LogP contribution in [0, 0.1) is 6.92 Å². The highest BCUT2D eigenvalue weighted by molar-refractivity contribution is 5.43. The summed E-state index contributed by atoms with van der Waals surface area (Å²) >= 11 is 0. The second kappa shape index (κ2) is 5.15. The van der Waals surface area contributed by atoms with Gasteiger partial charge in [0.2, 0.25) is 0 Å². The highest BCUT2D eigenvalue weighted by Gasteiger charge is 2.06. The highest BCUT2D eigenvalue weighted by atomic mass is 15.1. The van der Waals surface area contributed by atoms with Crippen molar-refractivity contribution in [2.24, 2.45) is 5.73 Å². The number of nitrogens with two attached hydrogens (primary N) is 1. The normalized spacial score (nSPS) is 10.8. The third kappa shape index (κ3) is 2.39. The number of hydrogen-bond acceptors (Lipinski definition) is 2. The van der Waals surface area contributed by atoms with Gasteiger partial charge in [0.1, 0.15) is 5.82 Å². The van der Waals surface area contributed by atoms with Gasteiger partial charge in [0, 0.05) is 24.5 Å². The molecule has 2 rings (SSSR count). The van der Waals surface area contributed by atoms with Crippen LogP contribution in [0.25, 0.3) is 5.69 Å². The molecule has 1 heterocycles. The van der Waals surface area contributed by atoms with E-state index in [1.165, 1.54) is 16.8 Å². The van der Waals surface area contributed by atoms with Crippen molar-refractivity contribution >= 4 is 0 Å². The first-order valence-electron chi connectivity index (χ1n) is 6.08. The summed E-state index contributed by atoms with van der Waals surface area (Å²) < 4.78 is 2.15. The molecule has 90 valence electrons. The number of benzene rings is 1. The first kappa shape index (κ1) is 11.9. The van der Waals surface area contributed by atoms with Crippen LogP contribution in [0.15, 0.2) is 30.6 Å². The molecule has 17 heavy (non-hydrogen) atoms. The third-order valence-electron chi connectivity index (χ3n) is 2.99. The molecule has 3 nitrogen and oxygen atoms in total. The number of aromatic nitrogens is 2. The average molecular weight is 229 g/mol. The maximum atomic E-state index is 5.57. The van der Waals surface area contributed by atoms with Crippen molar-refractivity contribution in [1.82, 2.24) is 9.55 Å². The number of hydrogen-bond donors (Lipinski definition) is 1. The largest absolute Gasteiger partial charge is 0.330 e. The maximum absolute atomic E-state index is 5.57. The lowest BCUT2D eigenvalue weighted by atomic mass is 10.1. The van der Waals surface area contributed by atoms with E-state index in [1.807, 2.05) is 12.4 Å². The van der Waals surface area contributed by atoms with Crippen LogP contribution in [0.3, 0.4) is 0 Å². The van der Waals surface area contributed by atoms with E-state index < -0.39 is 0 Å². The maximum Gasteiger partial charge on any atom is 0.112 e. The molecule has 0 fully saturated rings. The predicted octanol–water partition coefficient (Wildman–Crippen LogP) is 2.24. The van der Waals surface area contributed by atoms with Gasteiger partial charge in [-0.1, -0.05) is 19.1 Å². The first-order valence-corrected chi connectivity index (χ1v) is 6.08. The second-order valence-corrected chi connectivity index (χ2v) is 4.23. The fourth-order valence-electron chi connectivity index (χ4n) is 2.13. The summed E-state index contributed by atoms with van der Waals surface area (Å²) in [6.07, 6.45) is 5.75. The Morgan fingerprint density at radius 3 is 2.82 bits per heavy atom. The van der Waals surface area contributed by atoms with Crippen LogP contribution in [0.5, 0.6) is 0 Å². The van der Waals surface area contributed by atoms with Crippen molar-refractivity contribution in [2.75, 3.05) is 6.54 Å². The number of aryl methyl sites for hydroxylation is 2. The molecule has 0 aliphatic heterocycles. The fraction of sp³-hybridized carbons (Fsp3) is 0.357. The Bertz CT molecular complexity index is 500. The Morgan fingerprint density at radius 2 is 2.18 bits per heavy atom. The van der Waals surface area contributed by atoms with E-state index in [0.29, 0.717) is 6.54 Å². The van der Waals surface area contributed by atoms with Crippen molar-refractivity contribution in [3.8, 4) is 5.69 Å². The third-order valence-corrected chi connectivity index (χ3v) is 2.99. The minimum absolute atomic E-state index is 0.698. The van der Waals surface area contributed by atoms with Crippen LogP contribution < -0.4 is 5.73 Å². The molecule has 1 aromatic heterocycles. The van der Waals surface area contributed by atoms with Crippen molar-refractivity contribution in [1.29, 1.82) is 0 Å². The van der Waals surface area contributed by atoms with Crippen LogP contribution in [0.2, 0.25) is 0 Å². The van der Waals surface area contributed by atoms with Crippen molar-refractivity contribution in [3.05, 3.63) is 47.5 Å². The van der Waals surface area contributed by atoms with Crippen LogP contribution in [0.4, 0.5) is 0 Å². The molecule has 0 bridgehead atoms. The lowest BCUT2D eigenvalue weighted by molar-refractivity contribution is 0.883. The summed E-state index contributed by atoms with van der Waals surface area (Å²) in [6, 6.07) is 6.51. The van der Waals surface area contributed by atoms with E-state index in [1.54, 1.807) is 0 Å². The van der Waals surface area contributed by atoms with Gasteiger partial charge in [0.25, 0.3) is 0 Å². The Morgan fingerprint density at radius 1 is 1.35 bits per heavy atom. The van der Waals surface area contributed by atoms with Crippen molar-refractivity contribution in [2.45, 2.75) is 26.7 Å². The Balaban J connectivity index is 2.39. The molecule has 0 aliphatic carbocycles. The second-order valence-electron chi connectivity index (χ2n) is 4.23. The zero-order valence-corrected chi connectivity index (χ0v) is 10.5. The summed E-state index contributed by atoms with van der Waals surface area (Å²) in [5, 5.41) is 0. The standard InChI is InChI=1S/C14H19N3/c1-3-14-16-8-9-17(14)13-5-4-12(6-7-15)10-11(13)2/h4-5,8-10H,3,6-7,15H2,1-2H3. The monoisotopic (exact) mass is 229 g/mol. The quantitative estimate of drug-likeness (QED) is 0.873. The Labute approximate surface area is 102 Å². The van der Waals surface area contributed by atoms with Gasteiger partial charge in [0.05, 0.1) is 0 Å². The lowest BCUT2D eigenvalue weighted by Crippen LogP contribution is -2.05. The fourth-order valence-corrected chi connectivity index (χ4v) is 2.13. The molecule has 0 unspecified atom stereocenters. The van der Waals surface area contributed by atoms with Gasteiger partial charge < -0.3 is 10.3 Å². The molecule has 0 saturated carbocycles. The Hall–Kier alpha value is -1.61. The van der Waals surface area contributed by atoms with E-state index in [0.717, 1.165) is 18.7 Å². The molecular formula is C14H19N3. The van der Waals surface area contributed by atoms with Crippen LogP contribution in [0.1, 0.15) is 23.9 Å². The van der Waals surface area contributed by atoms with E-state index in [4.69, 9.17) is 5.73 Å². The van der Waals surface area contributed by atoms with Crippen LogP contribution in [-0.2, 0) is 12.8 Å². The molecule has 0 atom stereocenters. The summed E-state index contributed by atoms with van der Waals surface area (Å²) in [5.41, 5.74) is 9.35. The molecule has 0 radical (unpaired) electrons. The highest BCUT2D eigenvalue weighted by Crippen LogP contribution is 2.18. The van der Waals surface area contributed by atoms with E-state index in [9.17, 15) is 0 Å². The molecular weight excluding hydrogens is 210 g/mol. The molecule has 1 aromatic carbocycles. The van der Waals surface area contributed by atoms with E-state index >= 15 is 0 Å². The average Bonchev–Trinajstić information content (AvgIpc) is 2.77. The molecule has 2 aromatic rings. The van der Waals surface area contributed by atoms with Gasteiger partial charge in [-0.05, 0) is 37.1 Å². The summed E-state index contributed by atoms with van der Waals surface area (Å²) in [4.78, 5) is 4.35. The SMILES string of the molecule is CCc1nccn1-c1ccc(CCN)cc1C. The number of imidazole rings is 1. The van der Waals surface area contributed by atoms with E-state index in [-0.39, 0.29) is 0 Å². The molecule has 0 spiro atoms. The predicted molar refractivity (Wildman–Crippen MR) is 70.4 cm³/mol. The molecule has 0 aliphatic rings.